The van der Waals surface area contributed by atoms with Crippen LogP contribution in [0.5, 0.6) is 0 Å². The van der Waals surface area contributed by atoms with Crippen molar-refractivity contribution in [3.63, 3.8) is 0 Å². The average Bonchev–Trinajstić information content (AvgIpc) is 3.21. The largest absolute Gasteiger partial charge is 0.347 e. The Morgan fingerprint density at radius 2 is 2.15 bits per heavy atom. The second kappa shape index (κ2) is 7.42. The van der Waals surface area contributed by atoms with Gasteiger partial charge in [-0.3, -0.25) is 9.48 Å². The number of carbonyl (C=O) groups is 1. The Hall–Kier alpha value is -1.62. The molecule has 1 saturated carbocycles. The van der Waals surface area contributed by atoms with Crippen LogP contribution in [0.3, 0.4) is 0 Å². The quantitative estimate of drug-likeness (QED) is 0.802. The molecule has 0 radical (unpaired) electrons. The fourth-order valence-electron chi connectivity index (χ4n) is 4.18. The molecule has 0 aliphatic heterocycles. The maximum absolute atomic E-state index is 12.6. The monoisotopic (exact) mass is 385 g/mol. The molecule has 5 heteroatoms. The van der Waals surface area contributed by atoms with Gasteiger partial charge in [-0.05, 0) is 61.0 Å². The lowest BCUT2D eigenvalue weighted by atomic mass is 9.72. The van der Waals surface area contributed by atoms with Crippen molar-refractivity contribution in [2.75, 3.05) is 0 Å². The molecule has 2 heterocycles. The van der Waals surface area contributed by atoms with Gasteiger partial charge in [0.25, 0.3) is 5.91 Å². The summed E-state index contributed by atoms with van der Waals surface area (Å²) in [5.74, 6) is 1.55. The molecule has 2 aromatic rings. The standard InChI is InChI=1S/C22H31N3OS/c1-22(2,3)18-7-8-19-17(9-18)10-20(27-19)21(26)23-11-16-12-24-25(14-16)13-15-5-4-6-15/h10,12,14-15,18H,4-9,11,13H2,1-3H3,(H,23,26). The first kappa shape index (κ1) is 18.7. The molecule has 146 valence electrons. The third-order valence-corrected chi connectivity index (χ3v) is 7.58. The fraction of sp³-hybridized carbons (Fsp3) is 0.636. The maximum atomic E-state index is 12.6. The summed E-state index contributed by atoms with van der Waals surface area (Å²) in [6.07, 6.45) is 11.4. The summed E-state index contributed by atoms with van der Waals surface area (Å²) in [4.78, 5) is 14.9. The number of fused-ring (bicyclic) bond motifs is 1. The van der Waals surface area contributed by atoms with Crippen LogP contribution in [0, 0.1) is 17.3 Å². The molecule has 1 N–H and O–H groups in total. The number of nitrogens with one attached hydrogen (secondary N) is 1. The zero-order chi connectivity index (χ0) is 19.0. The number of hydrogen-bond acceptors (Lipinski definition) is 3. The van der Waals surface area contributed by atoms with Crippen LogP contribution in [-0.2, 0) is 25.9 Å². The molecule has 4 rings (SSSR count). The molecular weight excluding hydrogens is 354 g/mol. The first-order valence-electron chi connectivity index (χ1n) is 10.3. The second-order valence-corrected chi connectivity index (χ2v) is 10.6. The number of carbonyl (C=O) groups excluding carboxylic acids is 1. The van der Waals surface area contributed by atoms with Gasteiger partial charge in [0.15, 0.2) is 0 Å². The lowest BCUT2D eigenvalue weighted by Gasteiger charge is -2.33. The molecule has 1 unspecified atom stereocenters. The van der Waals surface area contributed by atoms with Crippen LogP contribution in [0.15, 0.2) is 18.5 Å². The Morgan fingerprint density at radius 3 is 2.85 bits per heavy atom. The molecule has 2 aliphatic rings. The van der Waals surface area contributed by atoms with Crippen molar-refractivity contribution >= 4 is 17.2 Å². The van der Waals surface area contributed by atoms with Crippen LogP contribution in [0.4, 0.5) is 0 Å². The van der Waals surface area contributed by atoms with Crippen molar-refractivity contribution in [2.24, 2.45) is 17.3 Å². The van der Waals surface area contributed by atoms with Crippen LogP contribution in [-0.4, -0.2) is 15.7 Å². The number of aryl methyl sites for hydroxylation is 1. The minimum absolute atomic E-state index is 0.0495. The van der Waals surface area contributed by atoms with Crippen LogP contribution < -0.4 is 5.32 Å². The van der Waals surface area contributed by atoms with E-state index in [1.54, 1.807) is 11.3 Å². The molecule has 0 spiro atoms. The third-order valence-electron chi connectivity index (χ3n) is 6.34. The number of aromatic nitrogens is 2. The SMILES string of the molecule is CC(C)(C)C1CCc2sc(C(=O)NCc3cnn(CC4CCC4)c3)cc2C1. The van der Waals surface area contributed by atoms with Crippen molar-refractivity contribution in [1.29, 1.82) is 0 Å². The Balaban J connectivity index is 1.33. The summed E-state index contributed by atoms with van der Waals surface area (Å²) >= 11 is 1.68. The summed E-state index contributed by atoms with van der Waals surface area (Å²) in [7, 11) is 0. The molecular formula is C22H31N3OS. The van der Waals surface area contributed by atoms with Crippen molar-refractivity contribution in [1.82, 2.24) is 15.1 Å². The van der Waals surface area contributed by atoms with E-state index in [2.05, 4.69) is 43.4 Å². The first-order valence-corrected chi connectivity index (χ1v) is 11.1. The summed E-state index contributed by atoms with van der Waals surface area (Å²) in [6, 6.07) is 2.13. The van der Waals surface area contributed by atoms with Gasteiger partial charge in [-0.25, -0.2) is 0 Å². The smallest absolute Gasteiger partial charge is 0.261 e. The van der Waals surface area contributed by atoms with Crippen molar-refractivity contribution in [3.05, 3.63) is 39.3 Å². The summed E-state index contributed by atoms with van der Waals surface area (Å²) in [5, 5.41) is 7.52. The zero-order valence-corrected chi connectivity index (χ0v) is 17.6. The molecule has 1 amide bonds. The van der Waals surface area contributed by atoms with Gasteiger partial charge in [-0.15, -0.1) is 11.3 Å². The van der Waals surface area contributed by atoms with E-state index >= 15 is 0 Å². The highest BCUT2D eigenvalue weighted by Gasteiger charge is 2.30. The number of hydrogen-bond donors (Lipinski definition) is 1. The Morgan fingerprint density at radius 1 is 1.33 bits per heavy atom. The summed E-state index contributed by atoms with van der Waals surface area (Å²) in [5.41, 5.74) is 2.81. The zero-order valence-electron chi connectivity index (χ0n) is 16.8. The lowest BCUT2D eigenvalue weighted by molar-refractivity contribution is 0.0955. The first-order chi connectivity index (χ1) is 12.9. The summed E-state index contributed by atoms with van der Waals surface area (Å²) < 4.78 is 2.03. The number of amides is 1. The van der Waals surface area contributed by atoms with Crippen molar-refractivity contribution < 1.29 is 4.79 Å². The predicted molar refractivity (Wildman–Crippen MR) is 110 cm³/mol. The van der Waals surface area contributed by atoms with Crippen molar-refractivity contribution in [3.8, 4) is 0 Å². The van der Waals surface area contributed by atoms with Gasteiger partial charge in [-0.2, -0.15) is 5.10 Å². The van der Waals surface area contributed by atoms with Gasteiger partial charge in [0.2, 0.25) is 0 Å². The van der Waals surface area contributed by atoms with E-state index in [0.717, 1.165) is 35.7 Å². The molecule has 1 fully saturated rings. The van der Waals surface area contributed by atoms with Gasteiger partial charge in [0.05, 0.1) is 11.1 Å². The van der Waals surface area contributed by atoms with E-state index in [9.17, 15) is 4.79 Å². The van der Waals surface area contributed by atoms with E-state index < -0.39 is 0 Å². The molecule has 1 atom stereocenters. The Kier molecular flexibility index (Phi) is 5.15. The molecule has 2 aromatic heterocycles. The Labute approximate surface area is 166 Å². The fourth-order valence-corrected chi connectivity index (χ4v) is 5.31. The van der Waals surface area contributed by atoms with Gasteiger partial charge >= 0.3 is 0 Å². The molecule has 0 bridgehead atoms. The molecule has 0 saturated heterocycles. The topological polar surface area (TPSA) is 46.9 Å². The normalized spacial score (nSPS) is 20.2. The highest BCUT2D eigenvalue weighted by molar-refractivity contribution is 7.14. The van der Waals surface area contributed by atoms with E-state index in [1.807, 2.05) is 10.9 Å². The second-order valence-electron chi connectivity index (χ2n) is 9.42. The average molecular weight is 386 g/mol. The van der Waals surface area contributed by atoms with Gasteiger partial charge in [0, 0.05) is 29.7 Å². The minimum Gasteiger partial charge on any atom is -0.347 e. The highest BCUT2D eigenvalue weighted by atomic mass is 32.1. The van der Waals surface area contributed by atoms with Crippen LogP contribution in [0.25, 0.3) is 0 Å². The van der Waals surface area contributed by atoms with Crippen LogP contribution >= 0.6 is 11.3 Å². The number of nitrogens with zero attached hydrogens (tertiary/aromatic N) is 2. The summed E-state index contributed by atoms with van der Waals surface area (Å²) in [6.45, 7) is 8.55. The van der Waals surface area contributed by atoms with E-state index in [1.165, 1.54) is 36.1 Å². The molecule has 4 nitrogen and oxygen atoms in total. The lowest BCUT2D eigenvalue weighted by Crippen LogP contribution is -2.26. The van der Waals surface area contributed by atoms with E-state index in [0.29, 0.717) is 17.9 Å². The Bertz CT molecular complexity index is 810. The van der Waals surface area contributed by atoms with E-state index in [4.69, 9.17) is 0 Å². The molecule has 27 heavy (non-hydrogen) atoms. The molecule has 2 aliphatic carbocycles. The highest BCUT2D eigenvalue weighted by Crippen LogP contribution is 2.40. The van der Waals surface area contributed by atoms with Gasteiger partial charge < -0.3 is 5.32 Å². The van der Waals surface area contributed by atoms with Crippen LogP contribution in [0.2, 0.25) is 0 Å². The third kappa shape index (κ3) is 4.29. The number of thiophene rings is 1. The van der Waals surface area contributed by atoms with E-state index in [-0.39, 0.29) is 5.91 Å². The molecule has 0 aromatic carbocycles. The minimum atomic E-state index is 0.0495. The van der Waals surface area contributed by atoms with Gasteiger partial charge in [-0.1, -0.05) is 27.2 Å². The predicted octanol–water partition coefficient (Wildman–Crippen LogP) is 4.83. The van der Waals surface area contributed by atoms with Crippen LogP contribution in [0.1, 0.15) is 72.1 Å². The number of rotatable bonds is 5. The van der Waals surface area contributed by atoms with Crippen molar-refractivity contribution in [2.45, 2.75) is 72.4 Å². The maximum Gasteiger partial charge on any atom is 0.261 e. The van der Waals surface area contributed by atoms with Gasteiger partial charge in [0.1, 0.15) is 0 Å².